The van der Waals surface area contributed by atoms with Crippen LogP contribution in [-0.2, 0) is 6.42 Å². The average Bonchev–Trinajstić information content (AvgIpc) is 2.40. The highest BCUT2D eigenvalue weighted by Gasteiger charge is 2.09. The molecule has 17 heavy (non-hydrogen) atoms. The van der Waals surface area contributed by atoms with Crippen molar-refractivity contribution in [2.24, 2.45) is 0 Å². The van der Waals surface area contributed by atoms with E-state index in [1.165, 1.54) is 0 Å². The molecule has 86 valence electrons. The third-order valence-corrected chi connectivity index (χ3v) is 2.70. The predicted octanol–water partition coefficient (Wildman–Crippen LogP) is 2.45. The Hall–Kier alpha value is -1.93. The van der Waals surface area contributed by atoms with Crippen LogP contribution < -0.4 is 0 Å². The molecule has 2 nitrogen and oxygen atoms in total. The Kier molecular flexibility index (Phi) is 3.68. The molecule has 0 aromatic heterocycles. The molecule has 2 rings (SSSR count). The normalized spacial score (nSPS) is 10.2. The second kappa shape index (κ2) is 5.41. The Morgan fingerprint density at radius 1 is 0.941 bits per heavy atom. The van der Waals surface area contributed by atoms with Gasteiger partial charge in [0.2, 0.25) is 0 Å². The van der Waals surface area contributed by atoms with Crippen molar-refractivity contribution in [3.63, 3.8) is 0 Å². The largest absolute Gasteiger partial charge is 0.388 e. The molecule has 2 aromatic carbocycles. The van der Waals surface area contributed by atoms with Crippen molar-refractivity contribution in [1.82, 2.24) is 0 Å². The summed E-state index contributed by atoms with van der Waals surface area (Å²) in [6.45, 7) is -0.439. The number of aliphatic hydroxyl groups is 1. The van der Waals surface area contributed by atoms with Gasteiger partial charge in [0.1, 0.15) is 6.61 Å². The minimum absolute atomic E-state index is 0.225. The van der Waals surface area contributed by atoms with Crippen molar-refractivity contribution in [1.29, 1.82) is 0 Å². The minimum atomic E-state index is -0.439. The number of hydrogen-bond acceptors (Lipinski definition) is 2. The molecule has 0 saturated carbocycles. The van der Waals surface area contributed by atoms with Gasteiger partial charge >= 0.3 is 0 Å². The maximum absolute atomic E-state index is 11.6. The quantitative estimate of drug-likeness (QED) is 0.813. The SMILES string of the molecule is O=C(CO)c1ccccc1Cc1ccccc1. The van der Waals surface area contributed by atoms with Gasteiger partial charge in [-0.3, -0.25) is 4.79 Å². The van der Waals surface area contributed by atoms with E-state index >= 15 is 0 Å². The van der Waals surface area contributed by atoms with Crippen LogP contribution >= 0.6 is 0 Å². The highest BCUT2D eigenvalue weighted by Crippen LogP contribution is 2.14. The van der Waals surface area contributed by atoms with E-state index in [2.05, 4.69) is 0 Å². The minimum Gasteiger partial charge on any atom is -0.388 e. The van der Waals surface area contributed by atoms with Gasteiger partial charge in [-0.2, -0.15) is 0 Å². The molecule has 2 aromatic rings. The maximum Gasteiger partial charge on any atom is 0.188 e. The molecule has 0 saturated heterocycles. The van der Waals surface area contributed by atoms with E-state index in [0.717, 1.165) is 11.1 Å². The van der Waals surface area contributed by atoms with Gasteiger partial charge in [0.25, 0.3) is 0 Å². The molecule has 0 fully saturated rings. The molecule has 0 aliphatic rings. The van der Waals surface area contributed by atoms with Crippen molar-refractivity contribution in [3.8, 4) is 0 Å². The van der Waals surface area contributed by atoms with E-state index in [4.69, 9.17) is 5.11 Å². The molecule has 0 bridgehead atoms. The van der Waals surface area contributed by atoms with E-state index in [1.54, 1.807) is 6.07 Å². The molecular weight excluding hydrogens is 212 g/mol. The van der Waals surface area contributed by atoms with Gasteiger partial charge in [0.05, 0.1) is 0 Å². The van der Waals surface area contributed by atoms with Crippen LogP contribution in [0.2, 0.25) is 0 Å². The molecule has 0 radical (unpaired) electrons. The zero-order valence-electron chi connectivity index (χ0n) is 9.47. The first-order valence-electron chi connectivity index (χ1n) is 5.57. The number of ketones is 1. The monoisotopic (exact) mass is 226 g/mol. The van der Waals surface area contributed by atoms with Crippen LogP contribution in [0.25, 0.3) is 0 Å². The van der Waals surface area contributed by atoms with Gasteiger partial charge in [0, 0.05) is 5.56 Å². The third-order valence-electron chi connectivity index (χ3n) is 2.70. The van der Waals surface area contributed by atoms with Crippen molar-refractivity contribution in [2.45, 2.75) is 6.42 Å². The number of benzene rings is 2. The molecule has 0 aliphatic heterocycles. The van der Waals surface area contributed by atoms with Crippen LogP contribution in [0.4, 0.5) is 0 Å². The second-order valence-electron chi connectivity index (χ2n) is 3.90. The Labute approximate surface area is 101 Å². The number of hydrogen-bond donors (Lipinski definition) is 1. The maximum atomic E-state index is 11.6. The van der Waals surface area contributed by atoms with E-state index in [-0.39, 0.29) is 5.78 Å². The van der Waals surface area contributed by atoms with E-state index in [1.807, 2.05) is 48.5 Å². The lowest BCUT2D eigenvalue weighted by Gasteiger charge is -2.07. The number of Topliss-reactive ketones (excluding diaryl/α,β-unsaturated/α-hetero) is 1. The van der Waals surface area contributed by atoms with Gasteiger partial charge in [-0.25, -0.2) is 0 Å². The molecule has 0 aliphatic carbocycles. The Balaban J connectivity index is 2.30. The lowest BCUT2D eigenvalue weighted by Crippen LogP contribution is -2.08. The van der Waals surface area contributed by atoms with E-state index in [0.29, 0.717) is 12.0 Å². The highest BCUT2D eigenvalue weighted by molar-refractivity contribution is 5.98. The standard InChI is InChI=1S/C15H14O2/c16-11-15(17)14-9-5-4-8-13(14)10-12-6-2-1-3-7-12/h1-9,16H,10-11H2. The van der Waals surface area contributed by atoms with Crippen molar-refractivity contribution in [3.05, 3.63) is 71.3 Å². The fourth-order valence-corrected chi connectivity index (χ4v) is 1.85. The molecule has 0 amide bonds. The topological polar surface area (TPSA) is 37.3 Å². The van der Waals surface area contributed by atoms with Gasteiger partial charge in [-0.15, -0.1) is 0 Å². The number of rotatable bonds is 4. The molecular formula is C15H14O2. The lowest BCUT2D eigenvalue weighted by atomic mass is 9.97. The van der Waals surface area contributed by atoms with Crippen LogP contribution in [0.3, 0.4) is 0 Å². The van der Waals surface area contributed by atoms with Crippen molar-refractivity contribution >= 4 is 5.78 Å². The Morgan fingerprint density at radius 2 is 1.59 bits per heavy atom. The summed E-state index contributed by atoms with van der Waals surface area (Å²) in [7, 11) is 0. The van der Waals surface area contributed by atoms with Gasteiger partial charge in [-0.1, -0.05) is 54.6 Å². The fraction of sp³-hybridized carbons (Fsp3) is 0.133. The molecule has 1 N–H and O–H groups in total. The summed E-state index contributed by atoms with van der Waals surface area (Å²) in [6.07, 6.45) is 0.711. The zero-order chi connectivity index (χ0) is 12.1. The smallest absolute Gasteiger partial charge is 0.188 e. The van der Waals surface area contributed by atoms with Gasteiger partial charge in [-0.05, 0) is 17.5 Å². The van der Waals surface area contributed by atoms with Gasteiger partial charge in [0.15, 0.2) is 5.78 Å². The van der Waals surface area contributed by atoms with E-state index < -0.39 is 6.61 Å². The predicted molar refractivity (Wildman–Crippen MR) is 67.1 cm³/mol. The zero-order valence-corrected chi connectivity index (χ0v) is 9.47. The first-order chi connectivity index (χ1) is 8.31. The average molecular weight is 226 g/mol. The Morgan fingerprint density at radius 3 is 2.29 bits per heavy atom. The Bertz CT molecular complexity index is 503. The summed E-state index contributed by atoms with van der Waals surface area (Å²) < 4.78 is 0. The summed E-state index contributed by atoms with van der Waals surface area (Å²) in [5.41, 5.74) is 2.72. The number of carbonyl (C=O) groups is 1. The van der Waals surface area contributed by atoms with Crippen LogP contribution in [0.15, 0.2) is 54.6 Å². The third kappa shape index (κ3) is 2.80. The molecule has 0 heterocycles. The van der Waals surface area contributed by atoms with Crippen molar-refractivity contribution < 1.29 is 9.90 Å². The number of aliphatic hydroxyl groups excluding tert-OH is 1. The molecule has 0 unspecified atom stereocenters. The van der Waals surface area contributed by atoms with Crippen LogP contribution in [0, 0.1) is 0 Å². The number of carbonyl (C=O) groups excluding carboxylic acids is 1. The fourth-order valence-electron chi connectivity index (χ4n) is 1.85. The first kappa shape index (κ1) is 11.6. The summed E-state index contributed by atoms with van der Waals surface area (Å²) in [4.78, 5) is 11.6. The second-order valence-corrected chi connectivity index (χ2v) is 3.90. The van der Waals surface area contributed by atoms with Gasteiger partial charge < -0.3 is 5.11 Å². The molecule has 2 heteroatoms. The molecule has 0 atom stereocenters. The highest BCUT2D eigenvalue weighted by atomic mass is 16.3. The molecule has 0 spiro atoms. The van der Waals surface area contributed by atoms with Crippen LogP contribution in [0.5, 0.6) is 0 Å². The van der Waals surface area contributed by atoms with E-state index in [9.17, 15) is 4.79 Å². The van der Waals surface area contributed by atoms with Crippen LogP contribution in [-0.4, -0.2) is 17.5 Å². The summed E-state index contributed by atoms with van der Waals surface area (Å²) in [6, 6.07) is 17.4. The van der Waals surface area contributed by atoms with Crippen LogP contribution in [0.1, 0.15) is 21.5 Å². The summed E-state index contributed by atoms with van der Waals surface area (Å²) in [5, 5.41) is 8.93. The first-order valence-corrected chi connectivity index (χ1v) is 5.57. The summed E-state index contributed by atoms with van der Waals surface area (Å²) >= 11 is 0. The van der Waals surface area contributed by atoms with Crippen molar-refractivity contribution in [2.75, 3.05) is 6.61 Å². The lowest BCUT2D eigenvalue weighted by molar-refractivity contribution is 0.0903. The summed E-state index contributed by atoms with van der Waals surface area (Å²) in [5.74, 6) is -0.225.